The molecule has 0 saturated carbocycles. The highest BCUT2D eigenvalue weighted by Gasteiger charge is 2.06. The van der Waals surface area contributed by atoms with Crippen LogP contribution < -0.4 is 4.74 Å². The summed E-state index contributed by atoms with van der Waals surface area (Å²) < 4.78 is 17.7. The van der Waals surface area contributed by atoms with Gasteiger partial charge in [0.25, 0.3) is 0 Å². The topological polar surface area (TPSA) is 39.2 Å². The molecule has 0 aliphatic heterocycles. The first-order valence-corrected chi connectivity index (χ1v) is 4.99. The molecule has 0 saturated heterocycles. The highest BCUT2D eigenvalue weighted by atomic mass is 19.1. The summed E-state index contributed by atoms with van der Waals surface area (Å²) in [6, 6.07) is 7.65. The van der Waals surface area contributed by atoms with Crippen molar-refractivity contribution in [3.05, 3.63) is 47.9 Å². The van der Waals surface area contributed by atoms with Gasteiger partial charge in [0.1, 0.15) is 5.82 Å². The van der Waals surface area contributed by atoms with Crippen molar-refractivity contribution in [2.24, 2.45) is 0 Å². The van der Waals surface area contributed by atoms with Crippen LogP contribution in [0.15, 0.2) is 36.5 Å². The number of methoxy groups -OCH3 is 1. The van der Waals surface area contributed by atoms with E-state index in [9.17, 15) is 9.18 Å². The molecule has 0 bridgehead atoms. The smallest absolute Gasteiger partial charge is 0.223 e. The Balaban J connectivity index is 2.46. The molecule has 0 spiro atoms. The lowest BCUT2D eigenvalue weighted by Gasteiger charge is -2.05. The van der Waals surface area contributed by atoms with Gasteiger partial charge in [-0.1, -0.05) is 12.1 Å². The maximum Gasteiger partial charge on any atom is 0.223 e. The molecule has 0 radical (unpaired) electrons. The number of aromatic nitrogens is 1. The van der Waals surface area contributed by atoms with Gasteiger partial charge in [0.05, 0.1) is 12.7 Å². The fourth-order valence-electron chi connectivity index (χ4n) is 1.52. The lowest BCUT2D eigenvalue weighted by atomic mass is 10.1. The molecule has 2 rings (SSSR count). The zero-order chi connectivity index (χ0) is 12.3. The second-order valence-corrected chi connectivity index (χ2v) is 3.45. The van der Waals surface area contributed by atoms with Crippen molar-refractivity contribution < 1.29 is 13.9 Å². The number of hydrogen-bond acceptors (Lipinski definition) is 3. The third-order valence-corrected chi connectivity index (χ3v) is 2.38. The number of carbonyl (C=O) groups is 1. The fourth-order valence-corrected chi connectivity index (χ4v) is 1.52. The van der Waals surface area contributed by atoms with Crippen LogP contribution in [-0.4, -0.2) is 18.4 Å². The molecule has 2 aromatic rings. The third kappa shape index (κ3) is 2.30. The predicted molar refractivity (Wildman–Crippen MR) is 61.6 cm³/mol. The summed E-state index contributed by atoms with van der Waals surface area (Å²) in [7, 11) is 1.45. The minimum Gasteiger partial charge on any atom is -0.480 e. The highest BCUT2D eigenvalue weighted by Crippen LogP contribution is 2.23. The van der Waals surface area contributed by atoms with E-state index in [0.717, 1.165) is 11.1 Å². The van der Waals surface area contributed by atoms with Crippen LogP contribution in [0.5, 0.6) is 5.88 Å². The quantitative estimate of drug-likeness (QED) is 0.762. The molecule has 0 aliphatic carbocycles. The average Bonchev–Trinajstić information content (AvgIpc) is 2.39. The van der Waals surface area contributed by atoms with Crippen molar-refractivity contribution in [2.45, 2.75) is 0 Å². The van der Waals surface area contributed by atoms with E-state index in [2.05, 4.69) is 4.98 Å². The second kappa shape index (κ2) is 4.74. The number of ether oxygens (including phenoxy) is 1. The Hall–Kier alpha value is -2.23. The SMILES string of the molecule is COc1ncc(-c2ccc(F)cc2)cc1C=O. The Morgan fingerprint density at radius 3 is 2.53 bits per heavy atom. The summed E-state index contributed by atoms with van der Waals surface area (Å²) in [6.07, 6.45) is 2.26. The Morgan fingerprint density at radius 2 is 1.94 bits per heavy atom. The van der Waals surface area contributed by atoms with E-state index < -0.39 is 0 Å². The zero-order valence-corrected chi connectivity index (χ0v) is 9.18. The van der Waals surface area contributed by atoms with Gasteiger partial charge < -0.3 is 4.74 Å². The van der Waals surface area contributed by atoms with E-state index in [1.807, 2.05) is 0 Å². The number of benzene rings is 1. The molecular formula is C13H10FNO2. The monoisotopic (exact) mass is 231 g/mol. The van der Waals surface area contributed by atoms with Crippen LogP contribution in [0.3, 0.4) is 0 Å². The Labute approximate surface area is 97.9 Å². The van der Waals surface area contributed by atoms with Gasteiger partial charge in [0, 0.05) is 11.8 Å². The highest BCUT2D eigenvalue weighted by molar-refractivity contribution is 5.81. The van der Waals surface area contributed by atoms with Crippen molar-refractivity contribution >= 4 is 6.29 Å². The Kier molecular flexibility index (Phi) is 3.14. The van der Waals surface area contributed by atoms with E-state index in [0.29, 0.717) is 11.8 Å². The molecule has 0 fully saturated rings. The van der Waals surface area contributed by atoms with Crippen LogP contribution in [0.25, 0.3) is 11.1 Å². The third-order valence-electron chi connectivity index (χ3n) is 2.38. The van der Waals surface area contributed by atoms with Crippen molar-refractivity contribution in [1.29, 1.82) is 0 Å². The minimum atomic E-state index is -0.300. The Bertz CT molecular complexity index is 538. The van der Waals surface area contributed by atoms with Gasteiger partial charge in [-0.15, -0.1) is 0 Å². The van der Waals surface area contributed by atoms with Crippen molar-refractivity contribution in [2.75, 3.05) is 7.11 Å². The molecule has 0 amide bonds. The van der Waals surface area contributed by atoms with Crippen molar-refractivity contribution in [3.8, 4) is 17.0 Å². The molecule has 4 heteroatoms. The number of aldehydes is 1. The van der Waals surface area contributed by atoms with Gasteiger partial charge in [0.15, 0.2) is 6.29 Å². The molecule has 0 N–H and O–H groups in total. The average molecular weight is 231 g/mol. The lowest BCUT2D eigenvalue weighted by molar-refractivity contribution is 0.112. The molecule has 3 nitrogen and oxygen atoms in total. The first-order chi connectivity index (χ1) is 8.24. The molecule has 0 unspecified atom stereocenters. The van der Waals surface area contributed by atoms with E-state index in [4.69, 9.17) is 4.74 Å². The zero-order valence-electron chi connectivity index (χ0n) is 9.18. The maximum atomic E-state index is 12.8. The van der Waals surface area contributed by atoms with E-state index >= 15 is 0 Å². The molecule has 0 atom stereocenters. The van der Waals surface area contributed by atoms with Crippen LogP contribution in [0.1, 0.15) is 10.4 Å². The lowest BCUT2D eigenvalue weighted by Crippen LogP contribution is -1.94. The van der Waals surface area contributed by atoms with Gasteiger partial charge in [0.2, 0.25) is 5.88 Å². The molecule has 86 valence electrons. The number of pyridine rings is 1. The van der Waals surface area contributed by atoms with Gasteiger partial charge in [-0.25, -0.2) is 9.37 Å². The summed E-state index contributed by atoms with van der Waals surface area (Å²) in [5.74, 6) is -0.0170. The molecule has 1 heterocycles. The van der Waals surface area contributed by atoms with Crippen LogP contribution in [-0.2, 0) is 0 Å². The van der Waals surface area contributed by atoms with Crippen LogP contribution in [0, 0.1) is 5.82 Å². The summed E-state index contributed by atoms with van der Waals surface area (Å²) in [5.41, 5.74) is 1.91. The van der Waals surface area contributed by atoms with Gasteiger partial charge in [-0.05, 0) is 23.8 Å². The van der Waals surface area contributed by atoms with Crippen LogP contribution in [0.2, 0.25) is 0 Å². The molecular weight excluding hydrogens is 221 g/mol. The van der Waals surface area contributed by atoms with Crippen molar-refractivity contribution in [3.63, 3.8) is 0 Å². The van der Waals surface area contributed by atoms with E-state index in [1.165, 1.54) is 19.2 Å². The van der Waals surface area contributed by atoms with Crippen molar-refractivity contribution in [1.82, 2.24) is 4.98 Å². The summed E-state index contributed by atoms with van der Waals surface area (Å²) in [6.45, 7) is 0. The molecule has 17 heavy (non-hydrogen) atoms. The normalized spacial score (nSPS) is 10.0. The fraction of sp³-hybridized carbons (Fsp3) is 0.0769. The summed E-state index contributed by atoms with van der Waals surface area (Å²) >= 11 is 0. The Morgan fingerprint density at radius 1 is 1.24 bits per heavy atom. The standard InChI is InChI=1S/C13H10FNO2/c1-17-13-11(8-16)6-10(7-15-13)9-2-4-12(14)5-3-9/h2-8H,1H3. The number of halogens is 1. The second-order valence-electron chi connectivity index (χ2n) is 3.45. The van der Waals surface area contributed by atoms with Crippen LogP contribution >= 0.6 is 0 Å². The summed E-state index contributed by atoms with van der Waals surface area (Å²) in [5, 5.41) is 0. The number of carbonyl (C=O) groups excluding carboxylic acids is 1. The number of hydrogen-bond donors (Lipinski definition) is 0. The molecule has 1 aromatic heterocycles. The maximum absolute atomic E-state index is 12.8. The van der Waals surface area contributed by atoms with Gasteiger partial charge >= 0.3 is 0 Å². The minimum absolute atomic E-state index is 0.283. The van der Waals surface area contributed by atoms with Gasteiger partial charge in [-0.3, -0.25) is 4.79 Å². The van der Waals surface area contributed by atoms with Gasteiger partial charge in [-0.2, -0.15) is 0 Å². The first-order valence-electron chi connectivity index (χ1n) is 4.99. The number of nitrogens with zero attached hydrogens (tertiary/aromatic N) is 1. The summed E-state index contributed by atoms with van der Waals surface area (Å²) in [4.78, 5) is 14.9. The largest absolute Gasteiger partial charge is 0.480 e. The molecule has 0 aliphatic rings. The number of rotatable bonds is 3. The van der Waals surface area contributed by atoms with E-state index in [-0.39, 0.29) is 11.7 Å². The first kappa shape index (κ1) is 11.3. The molecule has 1 aromatic carbocycles. The van der Waals surface area contributed by atoms with Crippen LogP contribution in [0.4, 0.5) is 4.39 Å². The van der Waals surface area contributed by atoms with E-state index in [1.54, 1.807) is 24.4 Å². The predicted octanol–water partition coefficient (Wildman–Crippen LogP) is 2.71.